The molecule has 1 fully saturated rings. The first kappa shape index (κ1) is 16.2. The molecular weight excluding hydrogens is 268 g/mol. The van der Waals surface area contributed by atoms with Gasteiger partial charge in [-0.25, -0.2) is 9.59 Å². The van der Waals surface area contributed by atoms with E-state index < -0.39 is 30.4 Å². The van der Waals surface area contributed by atoms with E-state index >= 15 is 0 Å². The molecule has 1 heterocycles. The van der Waals surface area contributed by atoms with Crippen LogP contribution in [-0.2, 0) is 14.3 Å². The molecule has 0 bridgehead atoms. The summed E-state index contributed by atoms with van der Waals surface area (Å²) in [4.78, 5) is 34.6. The Balaban J connectivity index is 2.45. The van der Waals surface area contributed by atoms with Gasteiger partial charge in [0, 0.05) is 26.1 Å². The number of hydrogen-bond donors (Lipinski definition) is 3. The van der Waals surface area contributed by atoms with Crippen molar-refractivity contribution >= 4 is 18.0 Å². The standard InChI is InChI=1S/C12H20N2O6/c1-14(6-8-3-2-4-20-7-8)12(19)13-9(11(17)18)5-10(15)16/h8-9H,2-7H2,1H3,(H,13,19)(H,15,16)(H,17,18)/t8?,9-/m1/s1. The topological polar surface area (TPSA) is 116 Å². The number of urea groups is 1. The van der Waals surface area contributed by atoms with Crippen LogP contribution in [0.25, 0.3) is 0 Å². The lowest BCUT2D eigenvalue weighted by atomic mass is 10.0. The fraction of sp³-hybridized carbons (Fsp3) is 0.750. The molecule has 0 saturated carbocycles. The highest BCUT2D eigenvalue weighted by atomic mass is 16.5. The zero-order valence-corrected chi connectivity index (χ0v) is 11.4. The summed E-state index contributed by atoms with van der Waals surface area (Å²) in [5.74, 6) is -2.42. The zero-order chi connectivity index (χ0) is 15.1. The van der Waals surface area contributed by atoms with Gasteiger partial charge in [-0.15, -0.1) is 0 Å². The van der Waals surface area contributed by atoms with Crippen LogP contribution >= 0.6 is 0 Å². The molecule has 20 heavy (non-hydrogen) atoms. The molecule has 114 valence electrons. The quantitative estimate of drug-likeness (QED) is 0.632. The fourth-order valence-corrected chi connectivity index (χ4v) is 2.06. The van der Waals surface area contributed by atoms with E-state index in [1.807, 2.05) is 0 Å². The molecule has 0 aromatic rings. The number of nitrogens with one attached hydrogen (secondary N) is 1. The third kappa shape index (κ3) is 5.43. The van der Waals surface area contributed by atoms with Gasteiger partial charge in [-0.2, -0.15) is 0 Å². The van der Waals surface area contributed by atoms with E-state index in [0.29, 0.717) is 13.2 Å². The van der Waals surface area contributed by atoms with Crippen molar-refractivity contribution in [3.05, 3.63) is 0 Å². The van der Waals surface area contributed by atoms with Crippen LogP contribution in [0.3, 0.4) is 0 Å². The Labute approximate surface area is 116 Å². The van der Waals surface area contributed by atoms with Crippen molar-refractivity contribution in [2.75, 3.05) is 26.8 Å². The lowest BCUT2D eigenvalue weighted by molar-refractivity contribution is -0.145. The van der Waals surface area contributed by atoms with Gasteiger partial charge in [-0.05, 0) is 12.8 Å². The number of amides is 2. The number of carboxylic acids is 2. The van der Waals surface area contributed by atoms with E-state index in [-0.39, 0.29) is 5.92 Å². The molecule has 1 rings (SSSR count). The van der Waals surface area contributed by atoms with Crippen molar-refractivity contribution in [2.45, 2.75) is 25.3 Å². The van der Waals surface area contributed by atoms with Crippen LogP contribution in [0, 0.1) is 5.92 Å². The summed E-state index contributed by atoms with van der Waals surface area (Å²) in [7, 11) is 1.55. The number of carbonyl (C=O) groups excluding carboxylic acids is 1. The summed E-state index contributed by atoms with van der Waals surface area (Å²) >= 11 is 0. The van der Waals surface area contributed by atoms with E-state index in [1.165, 1.54) is 4.90 Å². The van der Waals surface area contributed by atoms with Crippen molar-refractivity contribution in [3.63, 3.8) is 0 Å². The van der Waals surface area contributed by atoms with Gasteiger partial charge >= 0.3 is 18.0 Å². The minimum absolute atomic E-state index is 0.224. The molecule has 1 unspecified atom stereocenters. The van der Waals surface area contributed by atoms with E-state index in [0.717, 1.165) is 19.4 Å². The molecule has 1 aliphatic heterocycles. The molecule has 0 aliphatic carbocycles. The van der Waals surface area contributed by atoms with Crippen LogP contribution in [-0.4, -0.2) is 65.9 Å². The summed E-state index contributed by atoms with van der Waals surface area (Å²) in [5.41, 5.74) is 0. The Hall–Kier alpha value is -1.83. The van der Waals surface area contributed by atoms with Crippen molar-refractivity contribution < 1.29 is 29.3 Å². The molecule has 2 amide bonds. The van der Waals surface area contributed by atoms with Crippen molar-refractivity contribution in [2.24, 2.45) is 5.92 Å². The van der Waals surface area contributed by atoms with Crippen molar-refractivity contribution in [1.29, 1.82) is 0 Å². The average molecular weight is 288 g/mol. The molecule has 8 nitrogen and oxygen atoms in total. The SMILES string of the molecule is CN(CC1CCCOC1)C(=O)N[C@H](CC(=O)O)C(=O)O. The van der Waals surface area contributed by atoms with Crippen LogP contribution in [0.15, 0.2) is 0 Å². The molecule has 3 N–H and O–H groups in total. The predicted molar refractivity (Wildman–Crippen MR) is 68.4 cm³/mol. The van der Waals surface area contributed by atoms with Crippen LogP contribution in [0.1, 0.15) is 19.3 Å². The van der Waals surface area contributed by atoms with Gasteiger partial charge in [0.25, 0.3) is 0 Å². The minimum Gasteiger partial charge on any atom is -0.481 e. The maximum atomic E-state index is 11.8. The zero-order valence-electron chi connectivity index (χ0n) is 11.4. The van der Waals surface area contributed by atoms with E-state index in [1.54, 1.807) is 7.05 Å². The molecule has 1 saturated heterocycles. The summed E-state index contributed by atoms with van der Waals surface area (Å²) in [6.45, 7) is 1.76. The molecule has 0 radical (unpaired) electrons. The second kappa shape index (κ2) is 7.68. The Bertz CT molecular complexity index is 367. The number of ether oxygens (including phenoxy) is 1. The first-order valence-electron chi connectivity index (χ1n) is 6.44. The van der Waals surface area contributed by atoms with E-state index in [2.05, 4.69) is 5.32 Å². The monoisotopic (exact) mass is 288 g/mol. The van der Waals surface area contributed by atoms with Crippen LogP contribution in [0.5, 0.6) is 0 Å². The van der Waals surface area contributed by atoms with E-state index in [4.69, 9.17) is 14.9 Å². The summed E-state index contributed by atoms with van der Waals surface area (Å²) < 4.78 is 5.30. The number of hydrogen-bond acceptors (Lipinski definition) is 4. The normalized spacial score (nSPS) is 19.9. The average Bonchev–Trinajstić information content (AvgIpc) is 2.38. The third-order valence-electron chi connectivity index (χ3n) is 3.11. The molecule has 2 atom stereocenters. The summed E-state index contributed by atoms with van der Waals surface area (Å²) in [5, 5.41) is 19.7. The minimum atomic E-state index is -1.43. The summed E-state index contributed by atoms with van der Waals surface area (Å²) in [6, 6.07) is -2.02. The first-order chi connectivity index (χ1) is 9.40. The number of rotatable bonds is 6. The maximum absolute atomic E-state index is 11.8. The van der Waals surface area contributed by atoms with Crippen LogP contribution < -0.4 is 5.32 Å². The van der Waals surface area contributed by atoms with Gasteiger partial charge in [-0.1, -0.05) is 0 Å². The Kier molecular flexibility index (Phi) is 6.23. The third-order valence-corrected chi connectivity index (χ3v) is 3.11. The Morgan fingerprint density at radius 1 is 1.40 bits per heavy atom. The molecule has 0 aromatic carbocycles. The lowest BCUT2D eigenvalue weighted by Gasteiger charge is -2.28. The van der Waals surface area contributed by atoms with Gasteiger partial charge in [0.15, 0.2) is 0 Å². The van der Waals surface area contributed by atoms with Crippen LogP contribution in [0.2, 0.25) is 0 Å². The largest absolute Gasteiger partial charge is 0.481 e. The number of carboxylic acid groups (broad SMARTS) is 2. The molecule has 8 heteroatoms. The second-order valence-electron chi connectivity index (χ2n) is 4.90. The van der Waals surface area contributed by atoms with Gasteiger partial charge in [0.2, 0.25) is 0 Å². The van der Waals surface area contributed by atoms with Crippen molar-refractivity contribution in [1.82, 2.24) is 10.2 Å². The highest BCUT2D eigenvalue weighted by Crippen LogP contribution is 2.14. The lowest BCUT2D eigenvalue weighted by Crippen LogP contribution is -2.49. The maximum Gasteiger partial charge on any atom is 0.326 e. The first-order valence-corrected chi connectivity index (χ1v) is 6.44. The highest BCUT2D eigenvalue weighted by molar-refractivity contribution is 5.86. The van der Waals surface area contributed by atoms with Crippen LogP contribution in [0.4, 0.5) is 4.79 Å². The molecule has 0 aromatic heterocycles. The Morgan fingerprint density at radius 2 is 2.10 bits per heavy atom. The predicted octanol–water partition coefficient (Wildman–Crippen LogP) is -0.0177. The van der Waals surface area contributed by atoms with Crippen molar-refractivity contribution in [3.8, 4) is 0 Å². The summed E-state index contributed by atoms with van der Waals surface area (Å²) in [6.07, 6.45) is 1.24. The van der Waals surface area contributed by atoms with E-state index in [9.17, 15) is 14.4 Å². The number of carbonyl (C=O) groups is 3. The smallest absolute Gasteiger partial charge is 0.326 e. The number of aliphatic carboxylic acids is 2. The number of nitrogens with zero attached hydrogens (tertiary/aromatic N) is 1. The Morgan fingerprint density at radius 3 is 2.60 bits per heavy atom. The fourth-order valence-electron chi connectivity index (χ4n) is 2.06. The van der Waals surface area contributed by atoms with Gasteiger partial charge in [0.1, 0.15) is 6.04 Å². The van der Waals surface area contributed by atoms with Gasteiger partial charge in [0.05, 0.1) is 13.0 Å². The molecule has 1 aliphatic rings. The van der Waals surface area contributed by atoms with Gasteiger partial charge in [-0.3, -0.25) is 4.79 Å². The molecule has 0 spiro atoms. The molecular formula is C12H20N2O6. The second-order valence-corrected chi connectivity index (χ2v) is 4.90. The highest BCUT2D eigenvalue weighted by Gasteiger charge is 2.25. The van der Waals surface area contributed by atoms with Gasteiger partial charge < -0.3 is 25.2 Å².